The third-order valence-corrected chi connectivity index (χ3v) is 5.23. The predicted molar refractivity (Wildman–Crippen MR) is 118 cm³/mol. The van der Waals surface area contributed by atoms with Gasteiger partial charge in [-0.05, 0) is 58.0 Å². The fourth-order valence-electron chi connectivity index (χ4n) is 3.42. The molecule has 1 aliphatic heterocycles. The number of hydrogen-bond acceptors (Lipinski definition) is 6. The quantitative estimate of drug-likeness (QED) is 0.557. The molecule has 1 saturated heterocycles. The molecule has 0 unspecified atom stereocenters. The van der Waals surface area contributed by atoms with E-state index >= 15 is 0 Å². The summed E-state index contributed by atoms with van der Waals surface area (Å²) in [7, 11) is 0. The average Bonchev–Trinajstić information content (AvgIpc) is 2.99. The number of aromatic nitrogens is 4. The van der Waals surface area contributed by atoms with Crippen molar-refractivity contribution in [2.45, 2.75) is 58.5 Å². The highest BCUT2D eigenvalue weighted by Gasteiger charge is 2.24. The summed E-state index contributed by atoms with van der Waals surface area (Å²) < 4.78 is 9.83. The standard InChI is InChI=1S/C21H30N6O2S/c1-5-11-26-18(16-7-6-10-22-14-16)24-27(20(26)30)15-25-12-8-17(9-13-25)23-19(28)29-21(2,3)4/h5-7,10,14,17H,1,8-9,11-13,15H2,2-4H3,(H,23,28). The minimum absolute atomic E-state index is 0.119. The van der Waals surface area contributed by atoms with E-state index in [1.54, 1.807) is 12.4 Å². The SMILES string of the molecule is C=CCn1c(-c2cccnc2)nn(CN2CCC(NC(=O)OC(C)(C)C)CC2)c1=S. The van der Waals surface area contributed by atoms with Crippen LogP contribution in [-0.4, -0.2) is 55.1 Å². The minimum atomic E-state index is -0.489. The molecule has 162 valence electrons. The molecular formula is C21H30N6O2S. The summed E-state index contributed by atoms with van der Waals surface area (Å²) >= 11 is 5.67. The zero-order valence-corrected chi connectivity index (χ0v) is 18.7. The van der Waals surface area contributed by atoms with Crippen LogP contribution in [0.2, 0.25) is 0 Å². The third-order valence-electron chi connectivity index (χ3n) is 4.80. The van der Waals surface area contributed by atoms with Gasteiger partial charge in [0.1, 0.15) is 5.60 Å². The first-order chi connectivity index (χ1) is 14.3. The van der Waals surface area contributed by atoms with Crippen molar-refractivity contribution in [3.63, 3.8) is 0 Å². The van der Waals surface area contributed by atoms with E-state index in [0.29, 0.717) is 18.0 Å². The molecule has 0 aromatic carbocycles. The summed E-state index contributed by atoms with van der Waals surface area (Å²) in [4.78, 5) is 18.5. The highest BCUT2D eigenvalue weighted by Crippen LogP contribution is 2.19. The Balaban J connectivity index is 1.63. The number of allylic oxidation sites excluding steroid dienone is 1. The van der Waals surface area contributed by atoms with Crippen molar-refractivity contribution in [2.24, 2.45) is 0 Å². The van der Waals surface area contributed by atoms with E-state index in [0.717, 1.165) is 37.3 Å². The Labute approximate surface area is 182 Å². The number of alkyl carbamates (subject to hydrolysis) is 1. The molecule has 1 N–H and O–H groups in total. The maximum atomic E-state index is 12.0. The molecule has 0 radical (unpaired) electrons. The van der Waals surface area contributed by atoms with Crippen LogP contribution in [0.5, 0.6) is 0 Å². The Kier molecular flexibility index (Phi) is 7.04. The molecule has 30 heavy (non-hydrogen) atoms. The summed E-state index contributed by atoms with van der Waals surface area (Å²) in [5, 5.41) is 7.73. The van der Waals surface area contributed by atoms with Gasteiger partial charge in [-0.2, -0.15) is 5.10 Å². The number of ether oxygens (including phenoxy) is 1. The zero-order chi connectivity index (χ0) is 21.7. The van der Waals surface area contributed by atoms with E-state index < -0.39 is 5.60 Å². The van der Waals surface area contributed by atoms with Crippen LogP contribution in [0.4, 0.5) is 4.79 Å². The molecule has 2 aromatic heterocycles. The lowest BCUT2D eigenvalue weighted by Crippen LogP contribution is -2.46. The number of hydrogen-bond donors (Lipinski definition) is 1. The van der Waals surface area contributed by atoms with Gasteiger partial charge >= 0.3 is 6.09 Å². The maximum absolute atomic E-state index is 12.0. The molecule has 8 nitrogen and oxygen atoms in total. The molecular weight excluding hydrogens is 400 g/mol. The highest BCUT2D eigenvalue weighted by molar-refractivity contribution is 7.71. The van der Waals surface area contributed by atoms with Crippen LogP contribution in [0.25, 0.3) is 11.4 Å². The molecule has 1 fully saturated rings. The number of likely N-dealkylation sites (tertiary alicyclic amines) is 1. The number of nitrogens with zero attached hydrogens (tertiary/aromatic N) is 5. The normalized spacial score (nSPS) is 15.7. The fourth-order valence-corrected chi connectivity index (χ4v) is 3.68. The monoisotopic (exact) mass is 430 g/mol. The summed E-state index contributed by atoms with van der Waals surface area (Å²) in [6.07, 6.45) is 6.70. The van der Waals surface area contributed by atoms with Gasteiger partial charge in [0.2, 0.25) is 0 Å². The zero-order valence-electron chi connectivity index (χ0n) is 17.9. The van der Waals surface area contributed by atoms with Gasteiger partial charge in [-0.15, -0.1) is 6.58 Å². The molecule has 1 amide bonds. The van der Waals surface area contributed by atoms with Crippen LogP contribution in [0.3, 0.4) is 0 Å². The number of nitrogens with one attached hydrogen (secondary N) is 1. The number of pyridine rings is 1. The molecule has 0 aliphatic carbocycles. The van der Waals surface area contributed by atoms with Gasteiger partial charge in [0.25, 0.3) is 0 Å². The number of carbonyl (C=O) groups is 1. The summed E-state index contributed by atoms with van der Waals surface area (Å²) in [5.41, 5.74) is 0.432. The van der Waals surface area contributed by atoms with Gasteiger partial charge < -0.3 is 10.1 Å². The summed E-state index contributed by atoms with van der Waals surface area (Å²) in [5.74, 6) is 0.787. The molecule has 0 atom stereocenters. The molecule has 9 heteroatoms. The molecule has 3 heterocycles. The molecule has 3 rings (SSSR count). The largest absolute Gasteiger partial charge is 0.444 e. The van der Waals surface area contributed by atoms with Gasteiger partial charge in [0.15, 0.2) is 10.6 Å². The molecule has 0 saturated carbocycles. The van der Waals surface area contributed by atoms with E-state index in [2.05, 4.69) is 21.8 Å². The van der Waals surface area contributed by atoms with Gasteiger partial charge in [-0.25, -0.2) is 9.48 Å². The number of carbonyl (C=O) groups excluding carboxylic acids is 1. The van der Waals surface area contributed by atoms with E-state index in [1.165, 1.54) is 0 Å². The van der Waals surface area contributed by atoms with E-state index in [4.69, 9.17) is 22.1 Å². The topological polar surface area (TPSA) is 77.2 Å². The first-order valence-electron chi connectivity index (χ1n) is 10.2. The van der Waals surface area contributed by atoms with Gasteiger partial charge in [0, 0.05) is 43.6 Å². The van der Waals surface area contributed by atoms with Gasteiger partial charge in [-0.3, -0.25) is 14.5 Å². The Morgan fingerprint density at radius 1 is 1.40 bits per heavy atom. The molecule has 1 aliphatic rings. The Morgan fingerprint density at radius 2 is 2.13 bits per heavy atom. The second-order valence-corrected chi connectivity index (χ2v) is 8.79. The lowest BCUT2D eigenvalue weighted by atomic mass is 10.1. The van der Waals surface area contributed by atoms with E-state index in [1.807, 2.05) is 48.2 Å². The number of rotatable bonds is 6. The molecule has 0 bridgehead atoms. The van der Waals surface area contributed by atoms with Gasteiger partial charge in [-0.1, -0.05) is 6.08 Å². The van der Waals surface area contributed by atoms with E-state index in [-0.39, 0.29) is 12.1 Å². The maximum Gasteiger partial charge on any atom is 0.407 e. The molecule has 2 aromatic rings. The minimum Gasteiger partial charge on any atom is -0.444 e. The smallest absolute Gasteiger partial charge is 0.407 e. The van der Waals surface area contributed by atoms with E-state index in [9.17, 15) is 4.79 Å². The highest BCUT2D eigenvalue weighted by atomic mass is 32.1. The second kappa shape index (κ2) is 9.53. The Hall–Kier alpha value is -2.52. The number of amides is 1. The van der Waals surface area contributed by atoms with Crippen molar-refractivity contribution < 1.29 is 9.53 Å². The van der Waals surface area contributed by atoms with Crippen molar-refractivity contribution in [1.82, 2.24) is 29.5 Å². The fraction of sp³-hybridized carbons (Fsp3) is 0.524. The lowest BCUT2D eigenvalue weighted by Gasteiger charge is -2.32. The van der Waals surface area contributed by atoms with Crippen LogP contribution >= 0.6 is 12.2 Å². The van der Waals surface area contributed by atoms with Crippen molar-refractivity contribution in [1.29, 1.82) is 0 Å². The van der Waals surface area contributed by atoms with Crippen LogP contribution < -0.4 is 5.32 Å². The third kappa shape index (κ3) is 5.76. The van der Waals surface area contributed by atoms with Crippen molar-refractivity contribution in [3.8, 4) is 11.4 Å². The first kappa shape index (κ1) is 22.2. The average molecular weight is 431 g/mol. The van der Waals surface area contributed by atoms with Crippen LogP contribution in [0.15, 0.2) is 37.2 Å². The first-order valence-corrected chi connectivity index (χ1v) is 10.6. The Bertz CT molecular complexity index is 923. The van der Waals surface area contributed by atoms with Crippen LogP contribution in [0.1, 0.15) is 33.6 Å². The van der Waals surface area contributed by atoms with Crippen molar-refractivity contribution in [2.75, 3.05) is 13.1 Å². The van der Waals surface area contributed by atoms with Crippen molar-refractivity contribution in [3.05, 3.63) is 42.0 Å². The second-order valence-electron chi connectivity index (χ2n) is 8.43. The van der Waals surface area contributed by atoms with Gasteiger partial charge in [0.05, 0.1) is 6.67 Å². The summed E-state index contributed by atoms with van der Waals surface area (Å²) in [6.45, 7) is 12.3. The van der Waals surface area contributed by atoms with Crippen LogP contribution in [0, 0.1) is 4.77 Å². The lowest BCUT2D eigenvalue weighted by molar-refractivity contribution is 0.0470. The molecule has 0 spiro atoms. The number of piperidine rings is 1. The Morgan fingerprint density at radius 3 is 2.73 bits per heavy atom. The summed E-state index contributed by atoms with van der Waals surface area (Å²) in [6, 6.07) is 3.98. The van der Waals surface area contributed by atoms with Crippen molar-refractivity contribution >= 4 is 18.3 Å². The van der Waals surface area contributed by atoms with Crippen LogP contribution in [-0.2, 0) is 18.0 Å². The predicted octanol–water partition coefficient (Wildman–Crippen LogP) is 3.61.